The van der Waals surface area contributed by atoms with E-state index in [1.165, 1.54) is 0 Å². The molecule has 3 rings (SSSR count). The quantitative estimate of drug-likeness (QED) is 0.544. The van der Waals surface area contributed by atoms with Crippen LogP contribution in [0.4, 0.5) is 0 Å². The first-order valence-electron chi connectivity index (χ1n) is 8.13. The number of ketones is 1. The van der Waals surface area contributed by atoms with Crippen LogP contribution in [0.5, 0.6) is 0 Å². The van der Waals surface area contributed by atoms with Crippen LogP contribution in [0.3, 0.4) is 0 Å². The Bertz CT molecular complexity index is 916. The van der Waals surface area contributed by atoms with E-state index in [0.717, 1.165) is 11.1 Å². The average Bonchev–Trinajstić information content (AvgIpc) is 3.02. The fraction of sp³-hybridized carbons (Fsp3) is 0.200. The molecule has 128 valence electrons. The fourth-order valence-electron chi connectivity index (χ4n) is 2.80. The van der Waals surface area contributed by atoms with Crippen LogP contribution in [0.2, 0.25) is 5.02 Å². The minimum atomic E-state index is -0.516. The summed E-state index contributed by atoms with van der Waals surface area (Å²) in [6.07, 6.45) is 1.57. The second-order valence-electron chi connectivity index (χ2n) is 6.23. The van der Waals surface area contributed by atoms with Crippen molar-refractivity contribution in [2.24, 2.45) is 0 Å². The lowest BCUT2D eigenvalue weighted by Gasteiger charge is -2.26. The summed E-state index contributed by atoms with van der Waals surface area (Å²) in [5.74, 6) is -1.02. The number of nitrogens with one attached hydrogen (secondary N) is 1. The van der Waals surface area contributed by atoms with E-state index in [1.54, 1.807) is 29.3 Å². The van der Waals surface area contributed by atoms with Gasteiger partial charge in [0.1, 0.15) is 0 Å². The number of benzene rings is 2. The van der Waals surface area contributed by atoms with Gasteiger partial charge < -0.3 is 9.88 Å². The van der Waals surface area contributed by atoms with Crippen LogP contribution in [-0.4, -0.2) is 27.6 Å². The van der Waals surface area contributed by atoms with E-state index in [1.807, 2.05) is 44.2 Å². The lowest BCUT2D eigenvalue weighted by atomic mass is 10.1. The monoisotopic (exact) mass is 354 g/mol. The molecule has 0 saturated heterocycles. The van der Waals surface area contributed by atoms with Gasteiger partial charge in [0, 0.05) is 34.7 Å². The minimum Gasteiger partial charge on any atom is -0.360 e. The van der Waals surface area contributed by atoms with Crippen LogP contribution in [0.15, 0.2) is 54.7 Å². The van der Waals surface area contributed by atoms with Crippen molar-refractivity contribution in [1.82, 2.24) is 9.88 Å². The number of aromatic amines is 1. The SMILES string of the molecule is CC(C)N(Cc1ccccc1)C(=O)C(=O)c1c[nH]c2cc(Cl)ccc12. The number of Topliss-reactive ketones (excluding diaryl/α,β-unsaturated/α-hetero) is 1. The van der Waals surface area contributed by atoms with Gasteiger partial charge in [-0.15, -0.1) is 0 Å². The molecule has 0 bridgehead atoms. The lowest BCUT2D eigenvalue weighted by molar-refractivity contribution is -0.128. The van der Waals surface area contributed by atoms with Gasteiger partial charge in [0.25, 0.3) is 11.7 Å². The smallest absolute Gasteiger partial charge is 0.295 e. The molecule has 0 spiro atoms. The molecule has 25 heavy (non-hydrogen) atoms. The first-order valence-corrected chi connectivity index (χ1v) is 8.51. The number of carbonyl (C=O) groups excluding carboxylic acids is 2. The molecular formula is C20H19ClN2O2. The topological polar surface area (TPSA) is 53.2 Å². The highest BCUT2D eigenvalue weighted by molar-refractivity contribution is 6.45. The number of aromatic nitrogens is 1. The Morgan fingerprint density at radius 2 is 1.84 bits per heavy atom. The highest BCUT2D eigenvalue weighted by Crippen LogP contribution is 2.23. The Labute approximate surface area is 151 Å². The third-order valence-electron chi connectivity index (χ3n) is 4.16. The molecular weight excluding hydrogens is 336 g/mol. The molecule has 1 heterocycles. The van der Waals surface area contributed by atoms with E-state index in [-0.39, 0.29) is 6.04 Å². The highest BCUT2D eigenvalue weighted by atomic mass is 35.5. The third-order valence-corrected chi connectivity index (χ3v) is 4.40. The molecule has 1 aromatic heterocycles. The molecule has 0 atom stereocenters. The summed E-state index contributed by atoms with van der Waals surface area (Å²) in [6, 6.07) is 14.8. The zero-order valence-electron chi connectivity index (χ0n) is 14.1. The Morgan fingerprint density at radius 3 is 2.52 bits per heavy atom. The standard InChI is InChI=1S/C20H19ClN2O2/c1-13(2)23(12-14-6-4-3-5-7-14)20(25)19(24)17-11-22-18-10-15(21)8-9-16(17)18/h3-11,13,22H,12H2,1-2H3. The molecule has 0 aliphatic heterocycles. The van der Waals surface area contributed by atoms with Crippen LogP contribution >= 0.6 is 11.6 Å². The number of hydrogen-bond donors (Lipinski definition) is 1. The molecule has 0 fully saturated rings. The predicted octanol–water partition coefficient (Wildman–Crippen LogP) is 4.44. The molecule has 0 aliphatic carbocycles. The van der Waals surface area contributed by atoms with Gasteiger partial charge in [-0.05, 0) is 31.5 Å². The Hall–Kier alpha value is -2.59. The van der Waals surface area contributed by atoms with E-state index >= 15 is 0 Å². The number of amides is 1. The van der Waals surface area contributed by atoms with Gasteiger partial charge in [-0.3, -0.25) is 9.59 Å². The van der Waals surface area contributed by atoms with Crippen molar-refractivity contribution in [3.63, 3.8) is 0 Å². The van der Waals surface area contributed by atoms with E-state index in [2.05, 4.69) is 4.98 Å². The van der Waals surface area contributed by atoms with Crippen molar-refractivity contribution in [3.05, 3.63) is 70.9 Å². The number of nitrogens with zero attached hydrogens (tertiary/aromatic N) is 1. The van der Waals surface area contributed by atoms with Crippen molar-refractivity contribution in [1.29, 1.82) is 0 Å². The molecule has 0 unspecified atom stereocenters. The summed E-state index contributed by atoms with van der Waals surface area (Å²) in [4.78, 5) is 30.2. The zero-order chi connectivity index (χ0) is 18.0. The zero-order valence-corrected chi connectivity index (χ0v) is 14.9. The largest absolute Gasteiger partial charge is 0.360 e. The fourth-order valence-corrected chi connectivity index (χ4v) is 2.97. The predicted molar refractivity (Wildman–Crippen MR) is 99.8 cm³/mol. The molecule has 5 heteroatoms. The lowest BCUT2D eigenvalue weighted by Crippen LogP contribution is -2.40. The molecule has 0 radical (unpaired) electrons. The molecule has 1 N–H and O–H groups in total. The van der Waals surface area contributed by atoms with Crippen molar-refractivity contribution < 1.29 is 9.59 Å². The van der Waals surface area contributed by atoms with E-state index in [9.17, 15) is 9.59 Å². The molecule has 0 aliphatic rings. The summed E-state index contributed by atoms with van der Waals surface area (Å²) >= 11 is 5.97. The molecule has 0 saturated carbocycles. The van der Waals surface area contributed by atoms with E-state index in [4.69, 9.17) is 11.6 Å². The van der Waals surface area contributed by atoms with Gasteiger partial charge in [0.15, 0.2) is 0 Å². The van der Waals surface area contributed by atoms with Gasteiger partial charge in [0.2, 0.25) is 0 Å². The van der Waals surface area contributed by atoms with Crippen molar-refractivity contribution in [3.8, 4) is 0 Å². The molecule has 3 aromatic rings. The average molecular weight is 355 g/mol. The van der Waals surface area contributed by atoms with Gasteiger partial charge in [0.05, 0.1) is 5.56 Å². The van der Waals surface area contributed by atoms with Crippen LogP contribution in [-0.2, 0) is 11.3 Å². The number of hydrogen-bond acceptors (Lipinski definition) is 2. The van der Waals surface area contributed by atoms with Crippen LogP contribution in [0.1, 0.15) is 29.8 Å². The Morgan fingerprint density at radius 1 is 1.12 bits per heavy atom. The summed E-state index contributed by atoms with van der Waals surface area (Å²) in [7, 11) is 0. The highest BCUT2D eigenvalue weighted by Gasteiger charge is 2.27. The maximum Gasteiger partial charge on any atom is 0.295 e. The van der Waals surface area contributed by atoms with Crippen LogP contribution in [0.25, 0.3) is 10.9 Å². The number of halogens is 1. The van der Waals surface area contributed by atoms with Crippen molar-refractivity contribution in [2.75, 3.05) is 0 Å². The minimum absolute atomic E-state index is 0.0868. The van der Waals surface area contributed by atoms with Crippen molar-refractivity contribution >= 4 is 34.2 Å². The third kappa shape index (κ3) is 3.59. The summed E-state index contributed by atoms with van der Waals surface area (Å²) < 4.78 is 0. The summed E-state index contributed by atoms with van der Waals surface area (Å²) in [6.45, 7) is 4.21. The van der Waals surface area contributed by atoms with Crippen LogP contribution in [0, 0.1) is 0 Å². The summed E-state index contributed by atoms with van der Waals surface area (Å²) in [5.41, 5.74) is 2.10. The second-order valence-corrected chi connectivity index (χ2v) is 6.67. The molecule has 4 nitrogen and oxygen atoms in total. The molecule has 2 aromatic carbocycles. The second kappa shape index (κ2) is 7.11. The number of H-pyrrole nitrogens is 1. The molecule has 1 amide bonds. The number of fused-ring (bicyclic) bond motifs is 1. The van der Waals surface area contributed by atoms with Gasteiger partial charge in [-0.25, -0.2) is 0 Å². The normalized spacial score (nSPS) is 11.0. The number of carbonyl (C=O) groups is 2. The maximum absolute atomic E-state index is 12.8. The van der Waals surface area contributed by atoms with Crippen LogP contribution < -0.4 is 0 Å². The van der Waals surface area contributed by atoms with Gasteiger partial charge in [-0.2, -0.15) is 0 Å². The first kappa shape index (κ1) is 17.2. The first-order chi connectivity index (χ1) is 12.0. The summed E-state index contributed by atoms with van der Waals surface area (Å²) in [5, 5.41) is 1.28. The van der Waals surface area contributed by atoms with E-state index in [0.29, 0.717) is 22.5 Å². The Balaban J connectivity index is 1.89. The number of rotatable bonds is 5. The van der Waals surface area contributed by atoms with Crippen molar-refractivity contribution in [2.45, 2.75) is 26.4 Å². The Kier molecular flexibility index (Phi) is 4.91. The van der Waals surface area contributed by atoms with Gasteiger partial charge in [-0.1, -0.05) is 48.0 Å². The van der Waals surface area contributed by atoms with Gasteiger partial charge >= 0.3 is 0 Å². The maximum atomic E-state index is 12.8. The van der Waals surface area contributed by atoms with E-state index < -0.39 is 11.7 Å².